The van der Waals surface area contributed by atoms with Crippen LogP contribution < -0.4 is 0 Å². The number of nitrogens with zero attached hydrogens (tertiary/aromatic N) is 1. The van der Waals surface area contributed by atoms with Crippen LogP contribution in [0.15, 0.2) is 12.3 Å². The zero-order valence-electron chi connectivity index (χ0n) is 9.77. The molecule has 2 heterocycles. The Morgan fingerprint density at radius 2 is 2.06 bits per heavy atom. The highest BCUT2D eigenvalue weighted by Crippen LogP contribution is 2.14. The van der Waals surface area contributed by atoms with E-state index in [0.717, 1.165) is 0 Å². The molecule has 0 unspecified atom stereocenters. The maximum atomic E-state index is 12.0. The maximum absolute atomic E-state index is 12.0. The number of aromatic amines is 1. The van der Waals surface area contributed by atoms with Gasteiger partial charge in [-0.15, -0.1) is 0 Å². The number of likely N-dealkylation sites (tertiary alicyclic amines) is 1. The third-order valence-electron chi connectivity index (χ3n) is 3.07. The van der Waals surface area contributed by atoms with E-state index < -0.39 is 0 Å². The predicted molar refractivity (Wildman–Crippen MR) is 61.9 cm³/mol. The van der Waals surface area contributed by atoms with Gasteiger partial charge >= 0.3 is 0 Å². The van der Waals surface area contributed by atoms with Gasteiger partial charge in [0.15, 0.2) is 5.78 Å². The molecule has 1 fully saturated rings. The minimum Gasteiger partial charge on any atom is -0.393 e. The van der Waals surface area contributed by atoms with Crippen LogP contribution in [-0.4, -0.2) is 45.9 Å². The Morgan fingerprint density at radius 1 is 1.41 bits per heavy atom. The molecule has 5 heteroatoms. The molecular formula is C12H16N2O3. The summed E-state index contributed by atoms with van der Waals surface area (Å²) in [6.07, 6.45) is 2.49. The van der Waals surface area contributed by atoms with Gasteiger partial charge in [-0.1, -0.05) is 0 Å². The first-order chi connectivity index (χ1) is 8.08. The van der Waals surface area contributed by atoms with Crippen LogP contribution in [0.5, 0.6) is 0 Å². The predicted octanol–water partition coefficient (Wildman–Crippen LogP) is 0.814. The van der Waals surface area contributed by atoms with Gasteiger partial charge in [0.05, 0.1) is 6.10 Å². The number of rotatable bonds is 2. The van der Waals surface area contributed by atoms with Gasteiger partial charge in [-0.05, 0) is 25.8 Å². The number of nitrogens with one attached hydrogen (secondary N) is 1. The summed E-state index contributed by atoms with van der Waals surface area (Å²) in [5, 5.41) is 9.37. The van der Waals surface area contributed by atoms with Crippen LogP contribution >= 0.6 is 0 Å². The lowest BCUT2D eigenvalue weighted by atomic mass is 10.1. The quantitative estimate of drug-likeness (QED) is 0.746. The van der Waals surface area contributed by atoms with Crippen molar-refractivity contribution in [2.24, 2.45) is 0 Å². The summed E-state index contributed by atoms with van der Waals surface area (Å²) < 4.78 is 0. The van der Waals surface area contributed by atoms with Crippen LogP contribution in [0.4, 0.5) is 0 Å². The number of aromatic nitrogens is 1. The van der Waals surface area contributed by atoms with Gasteiger partial charge < -0.3 is 15.0 Å². The SMILES string of the molecule is CC(=O)c1c[nH]c(C(=O)N2CCC(O)CC2)c1. The van der Waals surface area contributed by atoms with Crippen molar-refractivity contribution in [2.45, 2.75) is 25.9 Å². The number of piperidine rings is 1. The molecule has 1 aliphatic heterocycles. The largest absolute Gasteiger partial charge is 0.393 e. The van der Waals surface area contributed by atoms with Crippen molar-refractivity contribution >= 4 is 11.7 Å². The Balaban J connectivity index is 2.06. The Hall–Kier alpha value is -1.62. The smallest absolute Gasteiger partial charge is 0.270 e. The van der Waals surface area contributed by atoms with Gasteiger partial charge in [-0.2, -0.15) is 0 Å². The summed E-state index contributed by atoms with van der Waals surface area (Å²) in [6, 6.07) is 1.58. The monoisotopic (exact) mass is 236 g/mol. The van der Waals surface area contributed by atoms with Crippen LogP contribution in [0.1, 0.15) is 40.6 Å². The number of carbonyl (C=O) groups is 2. The zero-order chi connectivity index (χ0) is 12.4. The maximum Gasteiger partial charge on any atom is 0.270 e. The Labute approximate surface area is 99.4 Å². The van der Waals surface area contributed by atoms with Crippen molar-refractivity contribution < 1.29 is 14.7 Å². The van der Waals surface area contributed by atoms with Crippen LogP contribution in [-0.2, 0) is 0 Å². The van der Waals surface area contributed by atoms with Crippen molar-refractivity contribution in [3.63, 3.8) is 0 Å². The Bertz CT molecular complexity index is 431. The topological polar surface area (TPSA) is 73.4 Å². The fourth-order valence-corrected chi connectivity index (χ4v) is 1.96. The standard InChI is InChI=1S/C12H16N2O3/c1-8(15)9-6-11(13-7-9)12(17)14-4-2-10(16)3-5-14/h6-7,10,13,16H,2-5H2,1H3. The summed E-state index contributed by atoms with van der Waals surface area (Å²) >= 11 is 0. The second-order valence-electron chi connectivity index (χ2n) is 4.38. The molecule has 0 aliphatic carbocycles. The van der Waals surface area contributed by atoms with Gasteiger partial charge in [-0.3, -0.25) is 9.59 Å². The molecule has 0 atom stereocenters. The molecule has 0 spiro atoms. The second-order valence-corrected chi connectivity index (χ2v) is 4.38. The molecule has 17 heavy (non-hydrogen) atoms. The number of aliphatic hydroxyl groups excluding tert-OH is 1. The molecule has 5 nitrogen and oxygen atoms in total. The molecule has 0 radical (unpaired) electrons. The van der Waals surface area contributed by atoms with Crippen molar-refractivity contribution in [1.29, 1.82) is 0 Å². The minimum atomic E-state index is -0.296. The molecule has 2 rings (SSSR count). The zero-order valence-corrected chi connectivity index (χ0v) is 9.77. The van der Waals surface area contributed by atoms with E-state index in [1.807, 2.05) is 0 Å². The first-order valence-corrected chi connectivity index (χ1v) is 5.74. The molecule has 1 aliphatic rings. The molecule has 1 saturated heterocycles. The molecule has 92 valence electrons. The first-order valence-electron chi connectivity index (χ1n) is 5.74. The third-order valence-corrected chi connectivity index (χ3v) is 3.07. The molecule has 2 N–H and O–H groups in total. The third kappa shape index (κ3) is 2.55. The number of aliphatic hydroxyl groups is 1. The summed E-state index contributed by atoms with van der Waals surface area (Å²) in [7, 11) is 0. The fourth-order valence-electron chi connectivity index (χ4n) is 1.96. The number of carbonyl (C=O) groups excluding carboxylic acids is 2. The fraction of sp³-hybridized carbons (Fsp3) is 0.500. The molecule has 0 bridgehead atoms. The van der Waals surface area contributed by atoms with E-state index in [9.17, 15) is 14.7 Å². The van der Waals surface area contributed by atoms with Gasteiger partial charge in [0.2, 0.25) is 0 Å². The number of H-pyrrole nitrogens is 1. The normalized spacial score (nSPS) is 17.2. The van der Waals surface area contributed by atoms with E-state index in [1.54, 1.807) is 17.2 Å². The van der Waals surface area contributed by atoms with E-state index in [0.29, 0.717) is 37.2 Å². The van der Waals surface area contributed by atoms with Crippen LogP contribution in [0, 0.1) is 0 Å². The lowest BCUT2D eigenvalue weighted by Crippen LogP contribution is -2.40. The van der Waals surface area contributed by atoms with Gasteiger partial charge in [0.1, 0.15) is 5.69 Å². The first kappa shape index (κ1) is 11.9. The van der Waals surface area contributed by atoms with Crippen molar-refractivity contribution in [1.82, 2.24) is 9.88 Å². The van der Waals surface area contributed by atoms with Crippen LogP contribution in [0.2, 0.25) is 0 Å². The van der Waals surface area contributed by atoms with E-state index in [-0.39, 0.29) is 17.8 Å². The summed E-state index contributed by atoms with van der Waals surface area (Å²) in [5.74, 6) is -0.168. The number of amides is 1. The van der Waals surface area contributed by atoms with Crippen molar-refractivity contribution in [3.8, 4) is 0 Å². The van der Waals surface area contributed by atoms with Crippen molar-refractivity contribution in [2.75, 3.05) is 13.1 Å². The number of Topliss-reactive ketones (excluding diaryl/α,β-unsaturated/α-hetero) is 1. The number of hydrogen-bond acceptors (Lipinski definition) is 3. The lowest BCUT2D eigenvalue weighted by molar-refractivity contribution is 0.0542. The molecule has 0 aromatic carbocycles. The van der Waals surface area contributed by atoms with E-state index in [2.05, 4.69) is 4.98 Å². The number of hydrogen-bond donors (Lipinski definition) is 2. The molecule has 0 saturated carbocycles. The van der Waals surface area contributed by atoms with Gasteiger partial charge in [0.25, 0.3) is 5.91 Å². The highest BCUT2D eigenvalue weighted by molar-refractivity contribution is 5.99. The van der Waals surface area contributed by atoms with Gasteiger partial charge in [0, 0.05) is 24.8 Å². The average Bonchev–Trinajstić information content (AvgIpc) is 2.78. The molecule has 1 aromatic rings. The minimum absolute atomic E-state index is 0.0608. The highest BCUT2D eigenvalue weighted by atomic mass is 16.3. The van der Waals surface area contributed by atoms with Crippen LogP contribution in [0.25, 0.3) is 0 Å². The Kier molecular flexibility index (Phi) is 3.28. The van der Waals surface area contributed by atoms with E-state index in [1.165, 1.54) is 6.92 Å². The van der Waals surface area contributed by atoms with E-state index >= 15 is 0 Å². The summed E-state index contributed by atoms with van der Waals surface area (Å²) in [4.78, 5) is 27.7. The molecule has 1 amide bonds. The Morgan fingerprint density at radius 3 is 2.59 bits per heavy atom. The molecule has 1 aromatic heterocycles. The highest BCUT2D eigenvalue weighted by Gasteiger charge is 2.23. The molecular weight excluding hydrogens is 220 g/mol. The lowest BCUT2D eigenvalue weighted by Gasteiger charge is -2.29. The summed E-state index contributed by atoms with van der Waals surface area (Å²) in [5.41, 5.74) is 0.956. The number of ketones is 1. The van der Waals surface area contributed by atoms with E-state index in [4.69, 9.17) is 0 Å². The average molecular weight is 236 g/mol. The summed E-state index contributed by atoms with van der Waals surface area (Å²) in [6.45, 7) is 2.59. The van der Waals surface area contributed by atoms with Crippen LogP contribution in [0.3, 0.4) is 0 Å². The van der Waals surface area contributed by atoms with Crippen molar-refractivity contribution in [3.05, 3.63) is 23.5 Å². The second kappa shape index (κ2) is 4.71. The van der Waals surface area contributed by atoms with Gasteiger partial charge in [-0.25, -0.2) is 0 Å².